The van der Waals surface area contributed by atoms with Crippen LogP contribution in [0.2, 0.25) is 0 Å². The van der Waals surface area contributed by atoms with Gasteiger partial charge in [0, 0.05) is 12.0 Å². The molecule has 0 radical (unpaired) electrons. The van der Waals surface area contributed by atoms with E-state index in [2.05, 4.69) is 37.4 Å². The summed E-state index contributed by atoms with van der Waals surface area (Å²) in [6, 6.07) is 6.81. The Morgan fingerprint density at radius 3 is 2.57 bits per heavy atom. The van der Waals surface area contributed by atoms with E-state index in [1.165, 1.54) is 24.0 Å². The molecule has 0 amide bonds. The van der Waals surface area contributed by atoms with Gasteiger partial charge in [0.05, 0.1) is 0 Å². The smallest absolute Gasteiger partial charge is 0.00810 e. The van der Waals surface area contributed by atoms with E-state index in [0.29, 0.717) is 5.41 Å². The summed E-state index contributed by atoms with van der Waals surface area (Å²) in [5.41, 5.74) is 4.85. The molecule has 0 heterocycles. The third kappa shape index (κ3) is 1.57. The summed E-state index contributed by atoms with van der Waals surface area (Å²) in [6.45, 7) is 5.53. The third-order valence-corrected chi connectivity index (χ3v) is 3.33. The minimum absolute atomic E-state index is 0.463. The minimum atomic E-state index is 0.463. The number of rotatable bonds is 3. The van der Waals surface area contributed by atoms with E-state index in [0.717, 1.165) is 6.54 Å². The van der Waals surface area contributed by atoms with Crippen LogP contribution in [0.4, 0.5) is 0 Å². The average molecular weight is 189 g/mol. The lowest BCUT2D eigenvalue weighted by atomic mass is 9.90. The number of hydrogen-bond donors (Lipinski definition) is 1. The summed E-state index contributed by atoms with van der Waals surface area (Å²) in [5.74, 6) is 0. The zero-order chi connectivity index (χ0) is 10.2. The first-order valence-corrected chi connectivity index (χ1v) is 5.40. The quantitative estimate of drug-likeness (QED) is 0.770. The van der Waals surface area contributed by atoms with Gasteiger partial charge in [0.1, 0.15) is 0 Å². The molecular formula is C13H19N. The Morgan fingerprint density at radius 1 is 1.29 bits per heavy atom. The first-order chi connectivity index (χ1) is 6.68. The van der Waals surface area contributed by atoms with E-state index in [4.69, 9.17) is 0 Å². The van der Waals surface area contributed by atoms with Crippen LogP contribution in [0.1, 0.15) is 29.5 Å². The second-order valence-corrected chi connectivity index (χ2v) is 4.63. The van der Waals surface area contributed by atoms with Gasteiger partial charge in [0.25, 0.3) is 0 Å². The lowest BCUT2D eigenvalue weighted by molar-refractivity contribution is 0.620. The van der Waals surface area contributed by atoms with E-state index in [-0.39, 0.29) is 0 Å². The van der Waals surface area contributed by atoms with E-state index >= 15 is 0 Å². The highest BCUT2D eigenvalue weighted by Crippen LogP contribution is 2.48. The van der Waals surface area contributed by atoms with E-state index < -0.39 is 0 Å². The molecule has 0 saturated heterocycles. The number of hydrogen-bond acceptors (Lipinski definition) is 1. The molecule has 1 aromatic carbocycles. The Balaban J connectivity index is 2.35. The van der Waals surface area contributed by atoms with Crippen LogP contribution in [0.15, 0.2) is 18.2 Å². The van der Waals surface area contributed by atoms with Crippen LogP contribution in [0.5, 0.6) is 0 Å². The predicted octanol–water partition coefficient (Wildman–Crippen LogP) is 2.55. The summed E-state index contributed by atoms with van der Waals surface area (Å²) in [7, 11) is 2.05. The molecule has 0 unspecified atom stereocenters. The normalized spacial score (nSPS) is 18.2. The summed E-state index contributed by atoms with van der Waals surface area (Å²) < 4.78 is 0. The number of benzene rings is 1. The molecular weight excluding hydrogens is 170 g/mol. The van der Waals surface area contributed by atoms with Gasteiger partial charge in [-0.1, -0.05) is 23.8 Å². The Labute approximate surface area is 86.5 Å². The molecule has 1 aromatic rings. The predicted molar refractivity (Wildman–Crippen MR) is 60.8 cm³/mol. The van der Waals surface area contributed by atoms with Crippen molar-refractivity contribution in [1.82, 2.24) is 5.32 Å². The maximum absolute atomic E-state index is 3.32. The molecule has 2 rings (SSSR count). The van der Waals surface area contributed by atoms with Crippen molar-refractivity contribution in [2.24, 2.45) is 0 Å². The van der Waals surface area contributed by atoms with Crippen molar-refractivity contribution in [3.05, 3.63) is 34.9 Å². The molecule has 0 atom stereocenters. The fourth-order valence-corrected chi connectivity index (χ4v) is 2.34. The number of aryl methyl sites for hydroxylation is 2. The molecule has 1 fully saturated rings. The molecule has 0 spiro atoms. The highest BCUT2D eigenvalue weighted by atomic mass is 14.8. The average Bonchev–Trinajstić information content (AvgIpc) is 2.91. The van der Waals surface area contributed by atoms with Crippen molar-refractivity contribution in [3.8, 4) is 0 Å². The monoisotopic (exact) mass is 189 g/mol. The second-order valence-electron chi connectivity index (χ2n) is 4.63. The second kappa shape index (κ2) is 3.39. The molecule has 14 heavy (non-hydrogen) atoms. The van der Waals surface area contributed by atoms with Gasteiger partial charge in [0.2, 0.25) is 0 Å². The third-order valence-electron chi connectivity index (χ3n) is 3.33. The van der Waals surface area contributed by atoms with Crippen LogP contribution in [0.25, 0.3) is 0 Å². The summed E-state index contributed by atoms with van der Waals surface area (Å²) in [6.07, 6.45) is 2.69. The molecule has 1 aliphatic rings. The van der Waals surface area contributed by atoms with Crippen LogP contribution < -0.4 is 5.32 Å². The van der Waals surface area contributed by atoms with Crippen molar-refractivity contribution in [2.75, 3.05) is 13.6 Å². The van der Waals surface area contributed by atoms with E-state index in [1.807, 2.05) is 7.05 Å². The Bertz CT molecular complexity index is 337. The highest BCUT2D eigenvalue weighted by molar-refractivity contribution is 5.40. The summed E-state index contributed by atoms with van der Waals surface area (Å²) >= 11 is 0. The number of nitrogens with one attached hydrogen (secondary N) is 1. The fraction of sp³-hybridized carbons (Fsp3) is 0.538. The fourth-order valence-electron chi connectivity index (χ4n) is 2.34. The highest BCUT2D eigenvalue weighted by Gasteiger charge is 2.44. The van der Waals surface area contributed by atoms with Gasteiger partial charge in [-0.2, -0.15) is 0 Å². The van der Waals surface area contributed by atoms with Crippen molar-refractivity contribution >= 4 is 0 Å². The first kappa shape index (κ1) is 9.72. The van der Waals surface area contributed by atoms with E-state index in [1.54, 1.807) is 5.56 Å². The Morgan fingerprint density at radius 2 is 2.00 bits per heavy atom. The summed E-state index contributed by atoms with van der Waals surface area (Å²) in [4.78, 5) is 0. The minimum Gasteiger partial charge on any atom is -0.319 e. The topological polar surface area (TPSA) is 12.0 Å². The molecule has 1 saturated carbocycles. The lowest BCUT2D eigenvalue weighted by Crippen LogP contribution is -2.24. The van der Waals surface area contributed by atoms with Crippen LogP contribution in [-0.2, 0) is 5.41 Å². The van der Waals surface area contributed by atoms with Crippen molar-refractivity contribution in [3.63, 3.8) is 0 Å². The van der Waals surface area contributed by atoms with Gasteiger partial charge in [-0.05, 0) is 44.9 Å². The standard InChI is InChI=1S/C13H19N/c1-10-4-5-11(2)12(8-10)13(6-7-13)9-14-3/h4-5,8,14H,6-7,9H2,1-3H3. The van der Waals surface area contributed by atoms with Gasteiger partial charge < -0.3 is 5.32 Å². The first-order valence-electron chi connectivity index (χ1n) is 5.40. The van der Waals surface area contributed by atoms with E-state index in [9.17, 15) is 0 Å². The summed E-state index contributed by atoms with van der Waals surface area (Å²) in [5, 5.41) is 3.32. The van der Waals surface area contributed by atoms with Gasteiger partial charge in [-0.15, -0.1) is 0 Å². The van der Waals surface area contributed by atoms with Gasteiger partial charge in [0.15, 0.2) is 0 Å². The maximum Gasteiger partial charge on any atom is 0.00810 e. The molecule has 1 heteroatoms. The largest absolute Gasteiger partial charge is 0.319 e. The lowest BCUT2D eigenvalue weighted by Gasteiger charge is -2.18. The van der Waals surface area contributed by atoms with Crippen LogP contribution in [0.3, 0.4) is 0 Å². The van der Waals surface area contributed by atoms with Gasteiger partial charge >= 0.3 is 0 Å². The Hall–Kier alpha value is -0.820. The molecule has 1 aliphatic carbocycles. The van der Waals surface area contributed by atoms with Crippen molar-refractivity contribution in [1.29, 1.82) is 0 Å². The molecule has 0 aliphatic heterocycles. The van der Waals surface area contributed by atoms with Crippen LogP contribution in [-0.4, -0.2) is 13.6 Å². The zero-order valence-electron chi connectivity index (χ0n) is 9.35. The van der Waals surface area contributed by atoms with Gasteiger partial charge in [-0.3, -0.25) is 0 Å². The van der Waals surface area contributed by atoms with Crippen molar-refractivity contribution < 1.29 is 0 Å². The maximum atomic E-state index is 3.32. The molecule has 0 aromatic heterocycles. The van der Waals surface area contributed by atoms with Gasteiger partial charge in [-0.25, -0.2) is 0 Å². The van der Waals surface area contributed by atoms with Crippen molar-refractivity contribution in [2.45, 2.75) is 32.1 Å². The SMILES string of the molecule is CNCC1(c2cc(C)ccc2C)CC1. The van der Waals surface area contributed by atoms with Crippen LogP contribution >= 0.6 is 0 Å². The molecule has 0 bridgehead atoms. The number of likely N-dealkylation sites (N-methyl/N-ethyl adjacent to an activating group) is 1. The molecule has 1 nitrogen and oxygen atoms in total. The molecule has 1 N–H and O–H groups in total. The zero-order valence-corrected chi connectivity index (χ0v) is 9.35. The van der Waals surface area contributed by atoms with Crippen LogP contribution in [0, 0.1) is 13.8 Å². The molecule has 76 valence electrons. The Kier molecular flexibility index (Phi) is 2.36.